The zero-order valence-electron chi connectivity index (χ0n) is 23.0. The van der Waals surface area contributed by atoms with Crippen molar-refractivity contribution in [2.24, 2.45) is 0 Å². The molecule has 8 nitrogen and oxygen atoms in total. The topological polar surface area (TPSA) is 90.6 Å². The van der Waals surface area contributed by atoms with Crippen LogP contribution in [0, 0.1) is 0 Å². The average Bonchev–Trinajstić information content (AvgIpc) is 2.96. The van der Waals surface area contributed by atoms with Crippen LogP contribution in [0.25, 0.3) is 10.9 Å². The second kappa shape index (κ2) is 13.4. The van der Waals surface area contributed by atoms with Gasteiger partial charge >= 0.3 is 250 Å². The van der Waals surface area contributed by atoms with Crippen LogP contribution in [-0.4, -0.2) is 94.9 Å². The van der Waals surface area contributed by atoms with Crippen LogP contribution < -0.4 is 24.3 Å². The van der Waals surface area contributed by atoms with Gasteiger partial charge in [0.1, 0.15) is 0 Å². The van der Waals surface area contributed by atoms with Gasteiger partial charge in [0.05, 0.1) is 0 Å². The van der Waals surface area contributed by atoms with E-state index in [2.05, 4.69) is 27.1 Å². The van der Waals surface area contributed by atoms with Crippen LogP contribution in [0.4, 0.5) is 0 Å². The summed E-state index contributed by atoms with van der Waals surface area (Å²) < 4.78 is 7.61. The van der Waals surface area contributed by atoms with E-state index in [9.17, 15) is 9.59 Å². The molecule has 0 bridgehead atoms. The Morgan fingerprint density at radius 1 is 1.07 bits per heavy atom. The number of likely N-dealkylation sites (N-methyl/N-ethyl adjacent to an activating group) is 1. The number of amides is 1. The summed E-state index contributed by atoms with van der Waals surface area (Å²) in [5.41, 5.74) is 2.53. The molecule has 4 aromatic rings. The molecule has 1 aliphatic rings. The number of ether oxygens (including phenoxy) is 1. The Hall–Kier alpha value is -2.87. The molecule has 1 amide bonds. The van der Waals surface area contributed by atoms with Gasteiger partial charge in [-0.05, 0) is 7.05 Å². The number of pyridine rings is 2. The van der Waals surface area contributed by atoms with E-state index in [1.807, 2.05) is 24.3 Å². The molecule has 1 unspecified atom stereocenters. The van der Waals surface area contributed by atoms with Crippen molar-refractivity contribution in [3.8, 4) is 5.75 Å². The Morgan fingerprint density at radius 3 is 2.56 bits per heavy atom. The molecule has 0 spiro atoms. The SMILES string of the molecule is COc1cc(C(=O)NCCN2CCN(C)CC2)ccc1[AsH]c1cc(Cc2c(Cl)cccc2Cl)nc2cc[nH]c(=O)c12. The molecule has 0 radical (unpaired) electrons. The first-order valence-electron chi connectivity index (χ1n) is 13.4. The summed E-state index contributed by atoms with van der Waals surface area (Å²) in [7, 11) is 3.73. The maximum atomic E-state index is 12.9. The van der Waals surface area contributed by atoms with Gasteiger partial charge in [-0.3, -0.25) is 0 Å². The van der Waals surface area contributed by atoms with Crippen LogP contribution in [0.2, 0.25) is 10.0 Å². The van der Waals surface area contributed by atoms with Crippen LogP contribution >= 0.6 is 23.2 Å². The van der Waals surface area contributed by atoms with Gasteiger partial charge in [-0.2, -0.15) is 0 Å². The number of hydrogen-bond donors (Lipinski definition) is 2. The quantitative estimate of drug-likeness (QED) is 0.269. The van der Waals surface area contributed by atoms with E-state index in [1.165, 1.54) is 0 Å². The van der Waals surface area contributed by atoms with Crippen molar-refractivity contribution < 1.29 is 9.53 Å². The first-order chi connectivity index (χ1) is 19.8. The average molecular weight is 656 g/mol. The Morgan fingerprint density at radius 2 is 1.83 bits per heavy atom. The van der Waals surface area contributed by atoms with Gasteiger partial charge < -0.3 is 0 Å². The molecule has 3 heterocycles. The summed E-state index contributed by atoms with van der Waals surface area (Å²) >= 11 is 11.8. The number of aromatic amines is 1. The molecule has 41 heavy (non-hydrogen) atoms. The van der Waals surface area contributed by atoms with Gasteiger partial charge in [0, 0.05) is 0 Å². The summed E-state index contributed by atoms with van der Waals surface area (Å²) in [4.78, 5) is 38.0. The van der Waals surface area contributed by atoms with Crippen LogP contribution in [0.15, 0.2) is 59.5 Å². The van der Waals surface area contributed by atoms with Gasteiger partial charge in [0.25, 0.3) is 0 Å². The Bertz CT molecular complexity index is 1600. The van der Waals surface area contributed by atoms with Crippen LogP contribution in [0.1, 0.15) is 21.6 Å². The molecule has 1 aliphatic heterocycles. The minimum absolute atomic E-state index is 0.131. The molecule has 1 saturated heterocycles. The molecule has 1 atom stereocenters. The predicted octanol–water partition coefficient (Wildman–Crippen LogP) is 2.19. The van der Waals surface area contributed by atoms with Crippen molar-refractivity contribution in [1.29, 1.82) is 0 Å². The molecule has 0 saturated carbocycles. The summed E-state index contributed by atoms with van der Waals surface area (Å²) in [6.07, 6.45) is 2.04. The number of methoxy groups -OCH3 is 1. The number of piperazine rings is 1. The van der Waals surface area contributed by atoms with E-state index in [0.29, 0.717) is 45.2 Å². The molecule has 0 aliphatic carbocycles. The van der Waals surface area contributed by atoms with Crippen molar-refractivity contribution in [3.05, 3.63) is 91.9 Å². The number of benzene rings is 2. The molecular weight excluding hydrogens is 624 g/mol. The van der Waals surface area contributed by atoms with E-state index < -0.39 is 15.8 Å². The standard InChI is InChI=1S/C30H32AsCl2N5O3/c1-37-12-14-38(15-13-37)11-10-35-29(39)19-6-7-22(27(16-19)41-2)31-23-18-20(17-21-24(32)4-3-5-25(21)33)36-26-8-9-34-30(40)28(23)26/h3-9,16,18,31H,10-15,17H2,1-2H3,(H,34,40)(H,35,39). The second-order valence-electron chi connectivity index (χ2n) is 10.0. The minimum atomic E-state index is -1.05. The number of nitrogens with one attached hydrogen (secondary N) is 2. The van der Waals surface area contributed by atoms with Crippen molar-refractivity contribution in [1.82, 2.24) is 25.1 Å². The number of aromatic nitrogens is 2. The van der Waals surface area contributed by atoms with E-state index in [-0.39, 0.29) is 11.5 Å². The monoisotopic (exact) mass is 655 g/mol. The number of hydrogen-bond acceptors (Lipinski definition) is 6. The number of carbonyl (C=O) groups excluding carboxylic acids is 1. The Kier molecular flexibility index (Phi) is 9.68. The van der Waals surface area contributed by atoms with Crippen molar-refractivity contribution >= 4 is 64.5 Å². The zero-order chi connectivity index (χ0) is 28.9. The number of carbonyl (C=O) groups is 1. The van der Waals surface area contributed by atoms with Gasteiger partial charge in [-0.15, -0.1) is 0 Å². The molecule has 2 aromatic heterocycles. The summed E-state index contributed by atoms with van der Waals surface area (Å²) in [5.74, 6) is 0.499. The maximum absolute atomic E-state index is 12.9. The van der Waals surface area contributed by atoms with Crippen molar-refractivity contribution in [2.45, 2.75) is 6.42 Å². The Balaban J connectivity index is 1.37. The number of fused-ring (bicyclic) bond motifs is 1. The molecule has 2 N–H and O–H groups in total. The predicted molar refractivity (Wildman–Crippen MR) is 167 cm³/mol. The number of nitrogens with zero attached hydrogens (tertiary/aromatic N) is 3. The van der Waals surface area contributed by atoms with Crippen LogP contribution in [-0.2, 0) is 6.42 Å². The van der Waals surface area contributed by atoms with E-state index in [1.54, 1.807) is 37.6 Å². The fourth-order valence-electron chi connectivity index (χ4n) is 4.90. The van der Waals surface area contributed by atoms with Crippen molar-refractivity contribution in [2.75, 3.05) is 53.4 Å². The van der Waals surface area contributed by atoms with E-state index >= 15 is 0 Å². The number of H-pyrrole nitrogens is 1. The normalized spacial score (nSPS) is 14.6. The Labute approximate surface area is 255 Å². The number of halogens is 2. The van der Waals surface area contributed by atoms with Gasteiger partial charge in [0.15, 0.2) is 0 Å². The zero-order valence-corrected chi connectivity index (χ0v) is 26.6. The van der Waals surface area contributed by atoms with Crippen LogP contribution in [0.5, 0.6) is 5.75 Å². The molecule has 11 heteroatoms. The van der Waals surface area contributed by atoms with Gasteiger partial charge in [0.2, 0.25) is 0 Å². The van der Waals surface area contributed by atoms with Crippen molar-refractivity contribution in [3.63, 3.8) is 0 Å². The van der Waals surface area contributed by atoms with Gasteiger partial charge in [-0.25, -0.2) is 0 Å². The third-order valence-electron chi connectivity index (χ3n) is 7.25. The van der Waals surface area contributed by atoms with E-state index in [4.69, 9.17) is 32.9 Å². The summed E-state index contributed by atoms with van der Waals surface area (Å²) in [6, 6.07) is 14.7. The molecule has 2 aromatic carbocycles. The third kappa shape index (κ3) is 7.14. The van der Waals surface area contributed by atoms with Gasteiger partial charge in [-0.1, -0.05) is 0 Å². The summed E-state index contributed by atoms with van der Waals surface area (Å²) in [6.45, 7) is 5.53. The third-order valence-corrected chi connectivity index (χ3v) is 10.8. The fraction of sp³-hybridized carbons (Fsp3) is 0.300. The molecule has 214 valence electrons. The second-order valence-corrected chi connectivity index (χ2v) is 13.6. The fourth-order valence-corrected chi connectivity index (χ4v) is 8.28. The number of rotatable bonds is 9. The van der Waals surface area contributed by atoms with E-state index in [0.717, 1.165) is 52.7 Å². The first-order valence-corrected chi connectivity index (χ1v) is 16.3. The first kappa shape index (κ1) is 29.6. The molecule has 5 rings (SSSR count). The molecular formula is C30H32AsCl2N5O3. The summed E-state index contributed by atoms with van der Waals surface area (Å²) in [5, 5.41) is 4.74. The molecule has 1 fully saturated rings. The van der Waals surface area contributed by atoms with Crippen LogP contribution in [0.3, 0.4) is 0 Å².